The van der Waals surface area contributed by atoms with Gasteiger partial charge in [0.1, 0.15) is 17.1 Å². The Hall–Kier alpha value is -0.420. The van der Waals surface area contributed by atoms with Crippen LogP contribution in [-0.4, -0.2) is 67.5 Å². The van der Waals surface area contributed by atoms with Gasteiger partial charge in [-0.1, -0.05) is 12.2 Å². The number of halogens is 1. The zero-order chi connectivity index (χ0) is 16.6. The van der Waals surface area contributed by atoms with Crippen molar-refractivity contribution in [1.82, 2.24) is 9.80 Å². The monoisotopic (exact) mass is 449 g/mol. The fourth-order valence-electron chi connectivity index (χ4n) is 3.09. The van der Waals surface area contributed by atoms with E-state index in [9.17, 15) is 14.7 Å². The van der Waals surface area contributed by atoms with E-state index in [2.05, 4.69) is 4.90 Å². The van der Waals surface area contributed by atoms with Crippen LogP contribution in [0.2, 0.25) is 0 Å². The fraction of sp³-hybridized carbons (Fsp3) is 0.600. The van der Waals surface area contributed by atoms with E-state index < -0.39 is 6.04 Å². The number of aliphatic hydroxyl groups is 1. The Kier molecular flexibility index (Phi) is 5.46. The highest BCUT2D eigenvalue weighted by molar-refractivity contribution is 14.1. The van der Waals surface area contributed by atoms with Crippen molar-refractivity contribution in [2.24, 2.45) is 5.73 Å². The van der Waals surface area contributed by atoms with Gasteiger partial charge in [0.15, 0.2) is 0 Å². The van der Waals surface area contributed by atoms with Gasteiger partial charge in [-0.3, -0.25) is 19.4 Å². The Morgan fingerprint density at radius 3 is 2.78 bits per heavy atom. The number of allylic oxidation sites excluding steroid dienone is 2. The molecule has 0 aliphatic carbocycles. The van der Waals surface area contributed by atoms with E-state index in [0.29, 0.717) is 11.4 Å². The van der Waals surface area contributed by atoms with Gasteiger partial charge in [0.2, 0.25) is 9.70 Å². The Morgan fingerprint density at radius 2 is 2.13 bits per heavy atom. The molecule has 2 fully saturated rings. The molecule has 1 amide bonds. The molecule has 0 aromatic carbocycles. The minimum atomic E-state index is -0.490. The van der Waals surface area contributed by atoms with Crippen molar-refractivity contribution in [3.8, 4) is 0 Å². The molecule has 3 aliphatic heterocycles. The number of aliphatic hydroxyl groups excluding tert-OH is 1. The number of amides is 1. The molecule has 3 heterocycles. The Bertz CT molecular complexity index is 572. The van der Waals surface area contributed by atoms with Gasteiger partial charge in [-0.15, -0.1) is 11.8 Å². The molecule has 0 bridgehead atoms. The van der Waals surface area contributed by atoms with E-state index in [4.69, 9.17) is 5.73 Å². The maximum absolute atomic E-state index is 12.0. The third-order valence-electron chi connectivity index (χ3n) is 4.46. The first-order valence-electron chi connectivity index (χ1n) is 7.69. The number of nitrogens with two attached hydrogens (primary N) is 1. The first kappa shape index (κ1) is 17.4. The zero-order valence-electron chi connectivity index (χ0n) is 12.7. The highest BCUT2D eigenvalue weighted by atomic mass is 127. The first-order valence-corrected chi connectivity index (χ1v) is 9.82. The molecule has 8 heteroatoms. The molecule has 3 N–H and O–H groups in total. The van der Waals surface area contributed by atoms with E-state index >= 15 is 0 Å². The maximum atomic E-state index is 12.0. The number of β-lactam (4-membered cyclic amide) rings is 1. The lowest BCUT2D eigenvalue weighted by molar-refractivity contribution is -0.142. The summed E-state index contributed by atoms with van der Waals surface area (Å²) in [5, 5.41) is 9.42. The van der Waals surface area contributed by atoms with Gasteiger partial charge in [0, 0.05) is 48.0 Å². The van der Waals surface area contributed by atoms with Gasteiger partial charge in [0.25, 0.3) is 0 Å². The number of likely N-dealkylation sites (tertiary alicyclic amines) is 1. The molecule has 126 valence electrons. The van der Waals surface area contributed by atoms with Gasteiger partial charge in [-0.05, 0) is 18.4 Å². The van der Waals surface area contributed by atoms with Gasteiger partial charge < -0.3 is 10.8 Å². The Balaban J connectivity index is 1.68. The first-order chi connectivity index (χ1) is 11.0. The summed E-state index contributed by atoms with van der Waals surface area (Å²) in [6.45, 7) is 2.57. The van der Waals surface area contributed by atoms with Gasteiger partial charge >= 0.3 is 0 Å². The van der Waals surface area contributed by atoms with Crippen LogP contribution in [0.15, 0.2) is 23.4 Å². The molecular weight excluding hydrogens is 429 g/mol. The van der Waals surface area contributed by atoms with Crippen molar-refractivity contribution in [2.75, 3.05) is 25.4 Å². The minimum Gasteiger partial charge on any atom is -0.393 e. The predicted molar refractivity (Wildman–Crippen MR) is 97.9 cm³/mol. The van der Waals surface area contributed by atoms with Crippen LogP contribution in [0, 0.1) is 0 Å². The molecule has 0 unspecified atom stereocenters. The van der Waals surface area contributed by atoms with Gasteiger partial charge in [-0.25, -0.2) is 0 Å². The number of carbonyl (C=O) groups is 2. The van der Waals surface area contributed by atoms with Crippen LogP contribution in [0.25, 0.3) is 0 Å². The summed E-state index contributed by atoms with van der Waals surface area (Å²) in [6, 6.07) is -0.490. The SMILES string of the molecule is N[C@@H]1C(=O)N2C(C(=O)I)=C(C=CCN3CCC(O)CC3)CS[C@H]12. The summed E-state index contributed by atoms with van der Waals surface area (Å²) >= 11 is 3.35. The number of hydrogen-bond donors (Lipinski definition) is 2. The molecule has 2 saturated heterocycles. The average molecular weight is 449 g/mol. The third-order valence-corrected chi connectivity index (χ3v) is 6.30. The van der Waals surface area contributed by atoms with Crippen molar-refractivity contribution in [1.29, 1.82) is 0 Å². The highest BCUT2D eigenvalue weighted by Gasteiger charge is 2.50. The van der Waals surface area contributed by atoms with Crippen LogP contribution in [0.4, 0.5) is 0 Å². The maximum Gasteiger partial charge on any atom is 0.248 e. The summed E-state index contributed by atoms with van der Waals surface area (Å²) in [5.41, 5.74) is 7.18. The van der Waals surface area contributed by atoms with Crippen molar-refractivity contribution in [2.45, 2.75) is 30.4 Å². The summed E-state index contributed by atoms with van der Waals surface area (Å²) in [5.74, 6) is 0.527. The summed E-state index contributed by atoms with van der Waals surface area (Å²) in [6.07, 6.45) is 5.45. The van der Waals surface area contributed by atoms with Gasteiger partial charge in [-0.2, -0.15) is 0 Å². The molecule has 3 aliphatic rings. The van der Waals surface area contributed by atoms with Crippen LogP contribution in [0.5, 0.6) is 0 Å². The average Bonchev–Trinajstić information content (AvgIpc) is 2.55. The minimum absolute atomic E-state index is 0.100. The molecule has 0 saturated carbocycles. The molecule has 0 aromatic heterocycles. The van der Waals surface area contributed by atoms with Crippen molar-refractivity contribution in [3.63, 3.8) is 0 Å². The second-order valence-electron chi connectivity index (χ2n) is 6.02. The lowest BCUT2D eigenvalue weighted by Crippen LogP contribution is -2.68. The smallest absolute Gasteiger partial charge is 0.248 e. The molecule has 23 heavy (non-hydrogen) atoms. The second kappa shape index (κ2) is 7.22. The Labute approximate surface area is 153 Å². The standard InChI is InChI=1S/C15H20IN3O3S/c16-13(21)12-9(8-23-15-11(17)14(22)19(12)15)2-1-5-18-6-3-10(20)4-7-18/h1-2,10-11,15,20H,3-8,17H2/t11-,15-/m1/s1. The van der Waals surface area contributed by atoms with Crippen LogP contribution in [-0.2, 0) is 9.59 Å². The molecule has 2 atom stereocenters. The number of hydrogen-bond acceptors (Lipinski definition) is 6. The second-order valence-corrected chi connectivity index (χ2v) is 8.10. The lowest BCUT2D eigenvalue weighted by Gasteiger charge is -2.48. The van der Waals surface area contributed by atoms with Crippen LogP contribution < -0.4 is 5.73 Å². The highest BCUT2D eigenvalue weighted by Crippen LogP contribution is 2.40. The summed E-state index contributed by atoms with van der Waals surface area (Å²) < 4.78 is -0.117. The van der Waals surface area contributed by atoms with Crippen LogP contribution in [0.1, 0.15) is 12.8 Å². The van der Waals surface area contributed by atoms with E-state index in [0.717, 1.165) is 38.0 Å². The summed E-state index contributed by atoms with van der Waals surface area (Å²) in [7, 11) is 0. The molecule has 6 nitrogen and oxygen atoms in total. The topological polar surface area (TPSA) is 86.9 Å². The van der Waals surface area contributed by atoms with Gasteiger partial charge in [0.05, 0.1) is 6.10 Å². The molecule has 0 spiro atoms. The van der Waals surface area contributed by atoms with Crippen molar-refractivity contribution >= 4 is 44.0 Å². The quantitative estimate of drug-likeness (QED) is 0.369. The van der Waals surface area contributed by atoms with Crippen molar-refractivity contribution < 1.29 is 14.7 Å². The molecule has 0 aromatic rings. The summed E-state index contributed by atoms with van der Waals surface area (Å²) in [4.78, 5) is 27.7. The lowest BCUT2D eigenvalue weighted by atomic mass is 10.0. The number of carbonyl (C=O) groups excluding carboxylic acids is 2. The Morgan fingerprint density at radius 1 is 1.43 bits per heavy atom. The largest absolute Gasteiger partial charge is 0.393 e. The predicted octanol–water partition coefficient (Wildman–Crippen LogP) is 0.457. The molecule has 3 rings (SSSR count). The third kappa shape index (κ3) is 3.51. The number of fused-ring (bicyclic) bond motifs is 1. The van der Waals surface area contributed by atoms with Crippen LogP contribution >= 0.6 is 34.4 Å². The molecular formula is C15H20IN3O3S. The van der Waals surface area contributed by atoms with E-state index in [-0.39, 0.29) is 21.2 Å². The van der Waals surface area contributed by atoms with Crippen molar-refractivity contribution in [3.05, 3.63) is 23.4 Å². The zero-order valence-corrected chi connectivity index (χ0v) is 15.6. The van der Waals surface area contributed by atoms with E-state index in [1.807, 2.05) is 12.2 Å². The van der Waals surface area contributed by atoms with E-state index in [1.54, 1.807) is 39.3 Å². The number of piperidine rings is 1. The normalized spacial score (nSPS) is 29.9. The van der Waals surface area contributed by atoms with E-state index in [1.165, 1.54) is 0 Å². The number of thioether (sulfide) groups is 1. The molecule has 0 radical (unpaired) electrons. The number of nitrogens with zero attached hydrogens (tertiary/aromatic N) is 2. The van der Waals surface area contributed by atoms with Crippen LogP contribution in [0.3, 0.4) is 0 Å². The fourth-order valence-corrected chi connectivity index (χ4v) is 4.97. The number of rotatable bonds is 4.